The smallest absolute Gasteiger partial charge is 0.253 e. The maximum absolute atomic E-state index is 12.8. The predicted octanol–water partition coefficient (Wildman–Crippen LogP) is 4.82. The second kappa shape index (κ2) is 10.8. The summed E-state index contributed by atoms with van der Waals surface area (Å²) in [7, 11) is 0. The number of rotatable bonds is 7. The summed E-state index contributed by atoms with van der Waals surface area (Å²) >= 11 is 5.91. The molecule has 7 nitrogen and oxygen atoms in total. The van der Waals surface area contributed by atoms with Gasteiger partial charge in [0.2, 0.25) is 17.6 Å². The average Bonchev–Trinajstić information content (AvgIpc) is 3.33. The van der Waals surface area contributed by atoms with Crippen molar-refractivity contribution in [2.75, 3.05) is 26.2 Å². The highest BCUT2D eigenvalue weighted by atomic mass is 35.5. The lowest BCUT2D eigenvalue weighted by Crippen LogP contribution is -2.50. The Morgan fingerprint density at radius 2 is 1.62 bits per heavy atom. The van der Waals surface area contributed by atoms with Crippen LogP contribution in [0.2, 0.25) is 5.02 Å². The van der Waals surface area contributed by atoms with Gasteiger partial charge in [-0.25, -0.2) is 0 Å². The highest BCUT2D eigenvalue weighted by molar-refractivity contribution is 6.30. The summed E-state index contributed by atoms with van der Waals surface area (Å²) < 4.78 is 5.32. The molecule has 1 saturated heterocycles. The Morgan fingerprint density at radius 3 is 2.26 bits per heavy atom. The molecule has 1 aliphatic rings. The number of aromatic nitrogens is 2. The van der Waals surface area contributed by atoms with Gasteiger partial charge < -0.3 is 14.3 Å². The fourth-order valence-corrected chi connectivity index (χ4v) is 4.10. The summed E-state index contributed by atoms with van der Waals surface area (Å²) in [6.45, 7) is 6.46. The van der Waals surface area contributed by atoms with Crippen LogP contribution in [-0.2, 0) is 11.2 Å². The summed E-state index contributed by atoms with van der Waals surface area (Å²) in [6, 6.07) is 15.1. The molecule has 0 radical (unpaired) electrons. The standard InChI is InChI=1S/C26H29ClN4O3/c1-18(2)19-6-8-21(9-7-19)26(33)31-16-14-30(15-17-31)24(32)5-3-4-23-28-25(29-34-23)20-10-12-22(27)13-11-20/h6-13,18H,3-5,14-17H2,1-2H3. The Balaban J connectivity index is 1.21. The molecule has 178 valence electrons. The highest BCUT2D eigenvalue weighted by Gasteiger charge is 2.24. The Bertz CT molecular complexity index is 1120. The lowest BCUT2D eigenvalue weighted by Gasteiger charge is -2.35. The van der Waals surface area contributed by atoms with Gasteiger partial charge in [0.1, 0.15) is 0 Å². The minimum Gasteiger partial charge on any atom is -0.339 e. The van der Waals surface area contributed by atoms with Crippen LogP contribution < -0.4 is 0 Å². The second-order valence-corrected chi connectivity index (χ2v) is 9.26. The molecule has 0 atom stereocenters. The van der Waals surface area contributed by atoms with Crippen molar-refractivity contribution >= 4 is 23.4 Å². The largest absolute Gasteiger partial charge is 0.339 e. The zero-order chi connectivity index (χ0) is 24.1. The van der Waals surface area contributed by atoms with E-state index in [4.69, 9.17) is 16.1 Å². The quantitative estimate of drug-likeness (QED) is 0.484. The van der Waals surface area contributed by atoms with Gasteiger partial charge in [-0.15, -0.1) is 0 Å². The van der Waals surface area contributed by atoms with Crippen LogP contribution in [-0.4, -0.2) is 57.9 Å². The number of benzene rings is 2. The first-order chi connectivity index (χ1) is 16.4. The van der Waals surface area contributed by atoms with Gasteiger partial charge in [0, 0.05) is 55.2 Å². The molecule has 1 aromatic heterocycles. The minimum absolute atomic E-state index is 0.0234. The summed E-state index contributed by atoms with van der Waals surface area (Å²) in [5.74, 6) is 1.57. The third kappa shape index (κ3) is 5.83. The number of amides is 2. The number of hydrogen-bond donors (Lipinski definition) is 0. The Kier molecular flexibility index (Phi) is 7.63. The third-order valence-corrected chi connectivity index (χ3v) is 6.35. The molecule has 2 amide bonds. The van der Waals surface area contributed by atoms with E-state index in [2.05, 4.69) is 24.0 Å². The molecule has 1 aliphatic heterocycles. The fraction of sp³-hybridized carbons (Fsp3) is 0.385. The van der Waals surface area contributed by atoms with Gasteiger partial charge in [0.25, 0.3) is 5.91 Å². The van der Waals surface area contributed by atoms with Crippen molar-refractivity contribution in [3.05, 3.63) is 70.6 Å². The Hall–Kier alpha value is -3.19. The zero-order valence-corrected chi connectivity index (χ0v) is 20.3. The van der Waals surface area contributed by atoms with Crippen molar-refractivity contribution in [1.82, 2.24) is 19.9 Å². The van der Waals surface area contributed by atoms with Gasteiger partial charge in [-0.05, 0) is 54.3 Å². The molecule has 0 unspecified atom stereocenters. The van der Waals surface area contributed by atoms with Crippen LogP contribution in [0.5, 0.6) is 0 Å². The molecule has 0 spiro atoms. The molecular weight excluding hydrogens is 452 g/mol. The monoisotopic (exact) mass is 480 g/mol. The third-order valence-electron chi connectivity index (χ3n) is 6.10. The van der Waals surface area contributed by atoms with Crippen molar-refractivity contribution < 1.29 is 14.1 Å². The molecular formula is C26H29ClN4O3. The van der Waals surface area contributed by atoms with Crippen LogP contribution in [0.1, 0.15) is 54.4 Å². The lowest BCUT2D eigenvalue weighted by molar-refractivity contribution is -0.132. The number of carbonyl (C=O) groups is 2. The first-order valence-electron chi connectivity index (χ1n) is 11.7. The van der Waals surface area contributed by atoms with Crippen LogP contribution >= 0.6 is 11.6 Å². The minimum atomic E-state index is 0.0234. The highest BCUT2D eigenvalue weighted by Crippen LogP contribution is 2.20. The topological polar surface area (TPSA) is 79.5 Å². The number of halogens is 1. The Labute approximate surface area is 204 Å². The maximum atomic E-state index is 12.8. The summed E-state index contributed by atoms with van der Waals surface area (Å²) in [6.07, 6.45) is 1.57. The van der Waals surface area contributed by atoms with E-state index in [1.807, 2.05) is 46.2 Å². The van der Waals surface area contributed by atoms with Gasteiger partial charge in [-0.3, -0.25) is 9.59 Å². The SMILES string of the molecule is CC(C)c1ccc(C(=O)N2CCN(C(=O)CCCc3nc(-c4ccc(Cl)cc4)no3)CC2)cc1. The van der Waals surface area contributed by atoms with E-state index in [9.17, 15) is 9.59 Å². The van der Waals surface area contributed by atoms with E-state index in [0.29, 0.717) is 73.7 Å². The molecule has 8 heteroatoms. The molecule has 4 rings (SSSR count). The average molecular weight is 481 g/mol. The van der Waals surface area contributed by atoms with Crippen LogP contribution in [0.15, 0.2) is 53.1 Å². The van der Waals surface area contributed by atoms with Gasteiger partial charge in [0.15, 0.2) is 0 Å². The van der Waals surface area contributed by atoms with Crippen LogP contribution in [0, 0.1) is 0 Å². The lowest BCUT2D eigenvalue weighted by atomic mass is 10.0. The molecule has 0 N–H and O–H groups in total. The van der Waals surface area contributed by atoms with E-state index in [-0.39, 0.29) is 11.8 Å². The van der Waals surface area contributed by atoms with Crippen molar-refractivity contribution in [3.63, 3.8) is 0 Å². The summed E-state index contributed by atoms with van der Waals surface area (Å²) in [4.78, 5) is 33.5. The van der Waals surface area contributed by atoms with Gasteiger partial charge in [-0.1, -0.05) is 42.7 Å². The molecule has 2 heterocycles. The summed E-state index contributed by atoms with van der Waals surface area (Å²) in [5, 5.41) is 4.65. The van der Waals surface area contributed by atoms with Crippen LogP contribution in [0.3, 0.4) is 0 Å². The predicted molar refractivity (Wildman–Crippen MR) is 131 cm³/mol. The van der Waals surface area contributed by atoms with Crippen molar-refractivity contribution in [2.45, 2.75) is 39.0 Å². The van der Waals surface area contributed by atoms with E-state index >= 15 is 0 Å². The van der Waals surface area contributed by atoms with E-state index in [1.54, 1.807) is 12.1 Å². The van der Waals surface area contributed by atoms with Crippen molar-refractivity contribution in [2.24, 2.45) is 0 Å². The van der Waals surface area contributed by atoms with E-state index in [0.717, 1.165) is 5.56 Å². The van der Waals surface area contributed by atoms with E-state index in [1.165, 1.54) is 5.56 Å². The molecule has 0 saturated carbocycles. The van der Waals surface area contributed by atoms with Gasteiger partial charge in [0.05, 0.1) is 0 Å². The molecule has 1 fully saturated rings. The van der Waals surface area contributed by atoms with Crippen LogP contribution in [0.25, 0.3) is 11.4 Å². The second-order valence-electron chi connectivity index (χ2n) is 8.82. The van der Waals surface area contributed by atoms with Crippen molar-refractivity contribution in [3.8, 4) is 11.4 Å². The number of nitrogens with zero attached hydrogens (tertiary/aromatic N) is 4. The first kappa shape index (κ1) is 24.0. The molecule has 2 aromatic carbocycles. The first-order valence-corrected chi connectivity index (χ1v) is 12.0. The van der Waals surface area contributed by atoms with Gasteiger partial charge >= 0.3 is 0 Å². The fourth-order valence-electron chi connectivity index (χ4n) is 3.97. The molecule has 34 heavy (non-hydrogen) atoms. The normalized spacial score (nSPS) is 14.0. The number of aryl methyl sites for hydroxylation is 1. The van der Waals surface area contributed by atoms with Crippen LogP contribution in [0.4, 0.5) is 0 Å². The number of piperazine rings is 1. The Morgan fingerprint density at radius 1 is 0.971 bits per heavy atom. The molecule has 0 aliphatic carbocycles. The molecule has 3 aromatic rings. The van der Waals surface area contributed by atoms with Gasteiger partial charge in [-0.2, -0.15) is 4.98 Å². The summed E-state index contributed by atoms with van der Waals surface area (Å²) in [5.41, 5.74) is 2.74. The molecule has 0 bridgehead atoms. The maximum Gasteiger partial charge on any atom is 0.253 e. The van der Waals surface area contributed by atoms with Crippen molar-refractivity contribution in [1.29, 1.82) is 0 Å². The van der Waals surface area contributed by atoms with E-state index < -0.39 is 0 Å². The zero-order valence-electron chi connectivity index (χ0n) is 19.5. The number of carbonyl (C=O) groups excluding carboxylic acids is 2. The number of hydrogen-bond acceptors (Lipinski definition) is 5.